The molecular formula is C5H10N3+. The summed E-state index contributed by atoms with van der Waals surface area (Å²) in [5.41, 5.74) is -0.391. The third-order valence-corrected chi connectivity index (χ3v) is 0.936. The first-order valence-corrected chi connectivity index (χ1v) is 2.51. The molecule has 44 valence electrons. The molecule has 0 aliphatic rings. The predicted octanol–water partition coefficient (Wildman–Crippen LogP) is -0.806. The van der Waals surface area contributed by atoms with Crippen LogP contribution in [0.3, 0.4) is 0 Å². The summed E-state index contributed by atoms with van der Waals surface area (Å²) in [6, 6.07) is 0. The van der Waals surface area contributed by atoms with Crippen LogP contribution in [0.25, 0.3) is 0 Å². The van der Waals surface area contributed by atoms with Crippen LogP contribution in [0, 0.1) is 0 Å². The van der Waals surface area contributed by atoms with Gasteiger partial charge in [-0.3, -0.25) is 0 Å². The maximum absolute atomic E-state index is 6.87. The summed E-state index contributed by atoms with van der Waals surface area (Å²) in [6.45, 7) is 0.141. The van der Waals surface area contributed by atoms with Crippen molar-refractivity contribution in [3.63, 3.8) is 0 Å². The first-order valence-electron chi connectivity index (χ1n) is 3.86. The molecule has 0 spiro atoms. The van der Waals surface area contributed by atoms with Gasteiger partial charge < -0.3 is 10.7 Å². The van der Waals surface area contributed by atoms with E-state index in [4.69, 9.17) is 4.24 Å². The molecule has 0 aliphatic heterocycles. The number of H-pyrrole nitrogens is 1. The highest BCUT2D eigenvalue weighted by atomic mass is 14.9. The fourth-order valence-corrected chi connectivity index (χ4v) is 0.542. The molecule has 0 saturated carbocycles. The number of hydrogen-bond acceptors (Lipinski definition) is 1. The normalized spacial score (nSPS) is 16.8. The van der Waals surface area contributed by atoms with E-state index in [1.807, 2.05) is 0 Å². The topological polar surface area (TPSA) is 56.3 Å². The molecule has 0 fully saturated rings. The smallest absolute Gasteiger partial charge is 0.344 e. The number of quaternary nitrogens is 1. The predicted molar refractivity (Wildman–Crippen MR) is 30.0 cm³/mol. The molecule has 8 heavy (non-hydrogen) atoms. The number of nitrogens with one attached hydrogen (secondary N) is 1. The van der Waals surface area contributed by atoms with Crippen LogP contribution in [0.4, 0.5) is 0 Å². The molecule has 1 rings (SSSR count). The molecule has 4 N–H and O–H groups in total. The van der Waals surface area contributed by atoms with Crippen LogP contribution in [-0.4, -0.2) is 16.5 Å². The Bertz CT molecular complexity index is 203. The average molecular weight is 115 g/mol. The minimum atomic E-state index is -1.25. The van der Waals surface area contributed by atoms with E-state index in [1.54, 1.807) is 12.5 Å². The number of aromatic nitrogens is 2. The lowest BCUT2D eigenvalue weighted by Crippen LogP contribution is -2.51. The maximum Gasteiger partial charge on any atom is 0.344 e. The molecule has 0 atom stereocenters. The zero-order valence-electron chi connectivity index (χ0n) is 7.46. The summed E-state index contributed by atoms with van der Waals surface area (Å²) in [5, 5.41) is 0. The van der Waals surface area contributed by atoms with Gasteiger partial charge >= 0.3 is 4.24 Å². The molecule has 0 radical (unpaired) electrons. The maximum atomic E-state index is 6.87. The second-order valence-electron chi connectivity index (χ2n) is 1.55. The van der Waals surface area contributed by atoms with E-state index in [0.717, 1.165) is 5.69 Å². The third-order valence-electron chi connectivity index (χ3n) is 0.936. The molecule has 0 aromatic carbocycles. The number of hydrogen-bond donors (Lipinski definition) is 2. The lowest BCUT2D eigenvalue weighted by atomic mass is 10.3. The van der Waals surface area contributed by atoms with Gasteiger partial charge in [-0.2, -0.15) is 0 Å². The molecule has 0 saturated heterocycles. The SMILES string of the molecule is [2H][N+]([2H])([2H])CCc1cnc[nH]1. The number of rotatable bonds is 3. The minimum absolute atomic E-state index is 0.141. The van der Waals surface area contributed by atoms with Gasteiger partial charge in [0, 0.05) is 18.3 Å². The van der Waals surface area contributed by atoms with Crippen LogP contribution >= 0.6 is 0 Å². The quantitative estimate of drug-likeness (QED) is 0.532. The van der Waals surface area contributed by atoms with Crippen LogP contribution in [-0.2, 0) is 6.42 Å². The zero-order valence-corrected chi connectivity index (χ0v) is 4.46. The van der Waals surface area contributed by atoms with Gasteiger partial charge in [-0.15, -0.1) is 0 Å². The molecule has 0 unspecified atom stereocenters. The highest BCUT2D eigenvalue weighted by Crippen LogP contribution is 1.87. The third kappa shape index (κ3) is 1.07. The highest BCUT2D eigenvalue weighted by Gasteiger charge is 1.88. The Morgan fingerprint density at radius 2 is 3.00 bits per heavy atom. The Kier molecular flexibility index (Phi) is 0.815. The fraction of sp³-hybridized carbons (Fsp3) is 0.400. The molecule has 0 amide bonds. The van der Waals surface area contributed by atoms with Gasteiger partial charge in [0.1, 0.15) is 0 Å². The number of imidazole rings is 1. The van der Waals surface area contributed by atoms with Crippen LogP contribution in [0.2, 0.25) is 4.24 Å². The summed E-state index contributed by atoms with van der Waals surface area (Å²) in [5.74, 6) is 0. The number of aromatic amines is 1. The first-order chi connectivity index (χ1) is 5.08. The molecule has 0 bridgehead atoms. The number of nitrogens with zero attached hydrogens (tertiary/aromatic N) is 1. The van der Waals surface area contributed by atoms with Crippen molar-refractivity contribution < 1.29 is 9.95 Å². The molecular weight excluding hydrogens is 102 g/mol. The van der Waals surface area contributed by atoms with E-state index in [1.165, 1.54) is 0 Å². The Balaban J connectivity index is 2.35. The first kappa shape index (κ1) is 2.64. The Morgan fingerprint density at radius 3 is 3.62 bits per heavy atom. The highest BCUT2D eigenvalue weighted by molar-refractivity contribution is 4.93. The van der Waals surface area contributed by atoms with Crippen molar-refractivity contribution in [2.24, 2.45) is 0 Å². The van der Waals surface area contributed by atoms with Gasteiger partial charge in [0.2, 0.25) is 0 Å². The van der Waals surface area contributed by atoms with Gasteiger partial charge in [0.25, 0.3) is 0 Å². The summed E-state index contributed by atoms with van der Waals surface area (Å²) >= 11 is 0. The lowest BCUT2D eigenvalue weighted by Gasteiger charge is -1.84. The van der Waals surface area contributed by atoms with E-state index in [0.29, 0.717) is 6.42 Å². The fourth-order valence-electron chi connectivity index (χ4n) is 0.542. The van der Waals surface area contributed by atoms with Crippen molar-refractivity contribution in [2.75, 3.05) is 6.54 Å². The molecule has 1 heterocycles. The van der Waals surface area contributed by atoms with Gasteiger partial charge in [0.15, 0.2) is 0 Å². The second-order valence-corrected chi connectivity index (χ2v) is 1.55. The second kappa shape index (κ2) is 2.47. The summed E-state index contributed by atoms with van der Waals surface area (Å²) in [6.07, 6.45) is 3.69. The minimum Gasteiger partial charge on any atom is -0.357 e. The van der Waals surface area contributed by atoms with Gasteiger partial charge in [0.05, 0.1) is 12.9 Å². The largest absolute Gasteiger partial charge is 0.357 e. The van der Waals surface area contributed by atoms with Crippen molar-refractivity contribution in [2.45, 2.75) is 6.42 Å². The monoisotopic (exact) mass is 115 g/mol. The van der Waals surface area contributed by atoms with Crippen LogP contribution in [0.15, 0.2) is 12.5 Å². The summed E-state index contributed by atoms with van der Waals surface area (Å²) in [7, 11) is 0. The Morgan fingerprint density at radius 1 is 2.00 bits per heavy atom. The summed E-state index contributed by atoms with van der Waals surface area (Å²) < 4.78 is 20.6. The van der Waals surface area contributed by atoms with Crippen LogP contribution < -0.4 is 5.71 Å². The van der Waals surface area contributed by atoms with E-state index in [9.17, 15) is 0 Å². The van der Waals surface area contributed by atoms with Gasteiger partial charge in [-0.25, -0.2) is 4.98 Å². The zero-order chi connectivity index (χ0) is 8.32. The van der Waals surface area contributed by atoms with Crippen molar-refractivity contribution in [1.82, 2.24) is 9.97 Å². The van der Waals surface area contributed by atoms with E-state index in [2.05, 4.69) is 9.97 Å². The molecule has 1 aromatic rings. The van der Waals surface area contributed by atoms with Crippen molar-refractivity contribution in [3.05, 3.63) is 18.2 Å². The van der Waals surface area contributed by atoms with Crippen molar-refractivity contribution in [1.29, 1.82) is 0 Å². The van der Waals surface area contributed by atoms with Crippen molar-refractivity contribution >= 4 is 0 Å². The van der Waals surface area contributed by atoms with Gasteiger partial charge in [-0.1, -0.05) is 0 Å². The van der Waals surface area contributed by atoms with E-state index < -0.39 is 5.71 Å². The molecule has 1 aromatic heterocycles. The Hall–Kier alpha value is -0.830. The molecule has 3 nitrogen and oxygen atoms in total. The Labute approximate surface area is 52.3 Å². The van der Waals surface area contributed by atoms with Gasteiger partial charge in [-0.05, 0) is 0 Å². The summed E-state index contributed by atoms with van der Waals surface area (Å²) in [4.78, 5) is 6.62. The van der Waals surface area contributed by atoms with Crippen LogP contribution in [0.5, 0.6) is 0 Å². The van der Waals surface area contributed by atoms with E-state index in [-0.39, 0.29) is 6.54 Å². The lowest BCUT2D eigenvalue weighted by molar-refractivity contribution is -0.366. The van der Waals surface area contributed by atoms with Crippen molar-refractivity contribution in [3.8, 4) is 0 Å². The van der Waals surface area contributed by atoms with Crippen LogP contribution in [0.1, 0.15) is 5.69 Å². The molecule has 0 aliphatic carbocycles. The van der Waals surface area contributed by atoms with E-state index >= 15 is 0 Å². The standard InChI is InChI=1S/C5H9N3/c6-2-1-5-3-7-4-8-5/h3-4H,1-2,6H2,(H,7,8)/p+1/i/hD3. The molecule has 3 heteroatoms. The average Bonchev–Trinajstić information content (AvgIpc) is 2.32.